The van der Waals surface area contributed by atoms with Crippen LogP contribution in [-0.2, 0) is 9.53 Å². The molecule has 0 aliphatic heterocycles. The Labute approximate surface area is 89.0 Å². The van der Waals surface area contributed by atoms with Gasteiger partial charge in [-0.05, 0) is 27.7 Å². The molecule has 6 nitrogen and oxygen atoms in total. The number of rotatable bonds is 2. The average Bonchev–Trinajstić information content (AvgIpc) is 1.99. The molecule has 0 saturated heterocycles. The molecule has 1 amide bonds. The first-order chi connectivity index (χ1) is 6.60. The molecule has 0 spiro atoms. The monoisotopic (exact) mass is 221 g/mol. The van der Waals surface area contributed by atoms with Gasteiger partial charge in [-0.3, -0.25) is 4.79 Å². The van der Waals surface area contributed by atoms with Gasteiger partial charge in [0.25, 0.3) is 0 Å². The van der Waals surface area contributed by atoms with Gasteiger partial charge in [-0.2, -0.15) is 0 Å². The van der Waals surface area contributed by atoms with E-state index in [-0.39, 0.29) is 6.61 Å². The van der Waals surface area contributed by atoms with E-state index in [2.05, 4.69) is 4.74 Å². The molecule has 0 aromatic heterocycles. The topological polar surface area (TPSA) is 110 Å². The summed E-state index contributed by atoms with van der Waals surface area (Å²) in [5.74, 6) is -1.58. The van der Waals surface area contributed by atoms with Crippen molar-refractivity contribution in [1.82, 2.24) is 0 Å². The first-order valence-corrected chi connectivity index (χ1v) is 4.42. The van der Waals surface area contributed by atoms with Crippen molar-refractivity contribution in [3.05, 3.63) is 0 Å². The van der Waals surface area contributed by atoms with Crippen LogP contribution in [0, 0.1) is 5.92 Å². The number of carbonyl (C=O) groups excluding carboxylic acids is 1. The minimum Gasteiger partial charge on any atom is -0.481 e. The van der Waals surface area contributed by atoms with Crippen LogP contribution >= 0.6 is 0 Å². The zero-order valence-corrected chi connectivity index (χ0v) is 9.48. The molecule has 0 aromatic carbocycles. The fraction of sp³-hybridized carbons (Fsp3) is 0.778. The van der Waals surface area contributed by atoms with Crippen molar-refractivity contribution in [2.45, 2.75) is 33.3 Å². The average molecular weight is 221 g/mol. The second kappa shape index (κ2) is 7.05. The summed E-state index contributed by atoms with van der Waals surface area (Å²) in [6.07, 6.45) is -0.725. The largest absolute Gasteiger partial charge is 0.481 e. The Morgan fingerprint density at radius 3 is 1.80 bits per heavy atom. The zero-order chi connectivity index (χ0) is 12.6. The van der Waals surface area contributed by atoms with E-state index in [0.717, 1.165) is 0 Å². The molecule has 0 heterocycles. The van der Waals surface area contributed by atoms with E-state index >= 15 is 0 Å². The number of carboxylic acid groups (broad SMARTS) is 1. The van der Waals surface area contributed by atoms with Gasteiger partial charge in [-0.15, -0.1) is 0 Å². The predicted octanol–water partition coefficient (Wildman–Crippen LogP) is 0.580. The van der Waals surface area contributed by atoms with E-state index in [0.29, 0.717) is 0 Å². The minimum absolute atomic E-state index is 0.282. The number of nitrogens with two attached hydrogens (primary N) is 1. The first-order valence-electron chi connectivity index (χ1n) is 4.42. The minimum atomic E-state index is -0.956. The Balaban J connectivity index is 0. The van der Waals surface area contributed by atoms with E-state index < -0.39 is 23.6 Å². The van der Waals surface area contributed by atoms with Gasteiger partial charge in [0.05, 0.1) is 12.5 Å². The van der Waals surface area contributed by atoms with Crippen molar-refractivity contribution in [3.8, 4) is 0 Å². The van der Waals surface area contributed by atoms with E-state index in [1.165, 1.54) is 6.92 Å². The van der Waals surface area contributed by atoms with Crippen LogP contribution in [0.15, 0.2) is 0 Å². The maximum Gasteiger partial charge on any atom is 0.405 e. The molecule has 0 saturated carbocycles. The van der Waals surface area contributed by atoms with Crippen molar-refractivity contribution in [2.75, 3.05) is 6.61 Å². The smallest absolute Gasteiger partial charge is 0.405 e. The maximum absolute atomic E-state index is 10.0. The summed E-state index contributed by atoms with van der Waals surface area (Å²) >= 11 is 0. The Morgan fingerprint density at radius 1 is 1.40 bits per heavy atom. The highest BCUT2D eigenvalue weighted by Crippen LogP contribution is 2.04. The Morgan fingerprint density at radius 2 is 1.80 bits per heavy atom. The van der Waals surface area contributed by atoms with Gasteiger partial charge in [-0.1, -0.05) is 0 Å². The molecule has 0 aliphatic carbocycles. The summed E-state index contributed by atoms with van der Waals surface area (Å²) in [7, 11) is 0. The van der Waals surface area contributed by atoms with E-state index in [1.807, 2.05) is 0 Å². The van der Waals surface area contributed by atoms with Crippen molar-refractivity contribution in [1.29, 1.82) is 0 Å². The molecule has 6 heteroatoms. The Bertz CT molecular complexity index is 209. The summed E-state index contributed by atoms with van der Waals surface area (Å²) in [5.41, 5.74) is 4.26. The van der Waals surface area contributed by atoms with Gasteiger partial charge in [0.1, 0.15) is 5.60 Å². The predicted molar refractivity (Wildman–Crippen MR) is 54.3 cm³/mol. The van der Waals surface area contributed by atoms with Crippen LogP contribution in [0.5, 0.6) is 0 Å². The van der Waals surface area contributed by atoms with Crippen molar-refractivity contribution in [3.63, 3.8) is 0 Å². The van der Waals surface area contributed by atoms with Crippen molar-refractivity contribution >= 4 is 12.1 Å². The van der Waals surface area contributed by atoms with Crippen LogP contribution in [0.25, 0.3) is 0 Å². The first kappa shape index (κ1) is 16.1. The van der Waals surface area contributed by atoms with Gasteiger partial charge in [0.2, 0.25) is 0 Å². The second-order valence-corrected chi connectivity index (χ2v) is 3.96. The molecular formula is C9H19NO5. The quantitative estimate of drug-likeness (QED) is 0.631. The number of hydrogen-bond acceptors (Lipinski definition) is 4. The molecule has 0 aromatic rings. The molecule has 0 rings (SSSR count). The molecule has 90 valence electrons. The van der Waals surface area contributed by atoms with Crippen LogP contribution in [-0.4, -0.2) is 34.5 Å². The highest BCUT2D eigenvalue weighted by atomic mass is 16.6. The highest BCUT2D eigenvalue weighted by molar-refractivity contribution is 5.69. The maximum atomic E-state index is 10.0. The lowest BCUT2D eigenvalue weighted by molar-refractivity contribution is -0.142. The normalized spacial score (nSPS) is 12.1. The van der Waals surface area contributed by atoms with Crippen LogP contribution in [0.3, 0.4) is 0 Å². The third-order valence-corrected chi connectivity index (χ3v) is 1.10. The lowest BCUT2D eigenvalue weighted by Crippen LogP contribution is -2.27. The lowest BCUT2D eigenvalue weighted by Gasteiger charge is -2.16. The van der Waals surface area contributed by atoms with E-state index in [4.69, 9.17) is 15.9 Å². The van der Waals surface area contributed by atoms with Crippen LogP contribution < -0.4 is 5.73 Å². The standard InChI is InChI=1S/C5H11NO2.C4H8O3/c1-5(2,3)8-4(6)7;1-3(2-5)4(6)7/h1-3H3,(H2,6,7);3,5H,2H2,1H3,(H,6,7). The SMILES string of the molecule is CC(C)(C)OC(N)=O.CC(CO)C(=O)O. The molecule has 0 fully saturated rings. The molecule has 0 radical (unpaired) electrons. The molecule has 15 heavy (non-hydrogen) atoms. The Hall–Kier alpha value is -1.30. The zero-order valence-electron chi connectivity index (χ0n) is 9.48. The van der Waals surface area contributed by atoms with Gasteiger partial charge in [0.15, 0.2) is 0 Å². The molecule has 1 unspecified atom stereocenters. The number of carboxylic acids is 1. The lowest BCUT2D eigenvalue weighted by atomic mass is 10.2. The number of hydrogen-bond donors (Lipinski definition) is 3. The van der Waals surface area contributed by atoms with Gasteiger partial charge in [-0.25, -0.2) is 4.79 Å². The number of amides is 1. The van der Waals surface area contributed by atoms with E-state index in [1.54, 1.807) is 20.8 Å². The number of aliphatic carboxylic acids is 1. The van der Waals surface area contributed by atoms with E-state index in [9.17, 15) is 9.59 Å². The van der Waals surface area contributed by atoms with Crippen LogP contribution in [0.4, 0.5) is 4.79 Å². The Kier molecular flexibility index (Phi) is 7.59. The summed E-state index contributed by atoms with van der Waals surface area (Å²) < 4.78 is 4.58. The summed E-state index contributed by atoms with van der Waals surface area (Å²) in [6.45, 7) is 6.45. The van der Waals surface area contributed by atoms with Gasteiger partial charge < -0.3 is 20.7 Å². The fourth-order valence-electron chi connectivity index (χ4n) is 0.380. The summed E-state index contributed by atoms with van der Waals surface area (Å²) in [6, 6.07) is 0. The van der Waals surface area contributed by atoms with Crippen molar-refractivity contribution < 1.29 is 24.5 Å². The summed E-state index contributed by atoms with van der Waals surface area (Å²) in [5, 5.41) is 16.1. The molecule has 1 atom stereocenters. The van der Waals surface area contributed by atoms with Crippen LogP contribution in [0.2, 0.25) is 0 Å². The number of aliphatic hydroxyl groups is 1. The second-order valence-electron chi connectivity index (χ2n) is 3.96. The van der Waals surface area contributed by atoms with Gasteiger partial charge in [0, 0.05) is 0 Å². The number of ether oxygens (including phenoxy) is 1. The number of primary amides is 1. The van der Waals surface area contributed by atoms with Crippen molar-refractivity contribution in [2.24, 2.45) is 11.7 Å². The van der Waals surface area contributed by atoms with Gasteiger partial charge >= 0.3 is 12.1 Å². The fourth-order valence-corrected chi connectivity index (χ4v) is 0.380. The van der Waals surface area contributed by atoms with Crippen LogP contribution in [0.1, 0.15) is 27.7 Å². The molecule has 4 N–H and O–H groups in total. The summed E-state index contributed by atoms with van der Waals surface area (Å²) in [4.78, 5) is 19.8. The molecule has 0 aliphatic rings. The molecule has 0 bridgehead atoms. The number of carbonyl (C=O) groups is 2. The molecular weight excluding hydrogens is 202 g/mol. The third kappa shape index (κ3) is 15.5. The highest BCUT2D eigenvalue weighted by Gasteiger charge is 2.12. The number of aliphatic hydroxyl groups excluding tert-OH is 1. The third-order valence-electron chi connectivity index (χ3n) is 1.10.